The molecular formula is C10H14N6O. The second-order valence-corrected chi connectivity index (χ2v) is 3.61. The van der Waals surface area contributed by atoms with Crippen LogP contribution in [0.4, 0.5) is 11.6 Å². The number of hydrogen-bond donors (Lipinski definition) is 3. The van der Waals surface area contributed by atoms with Crippen LogP contribution in [0.2, 0.25) is 0 Å². The maximum atomic E-state index is 11.7. The van der Waals surface area contributed by atoms with Crippen LogP contribution in [-0.2, 0) is 17.8 Å². The number of nitrogens with zero attached hydrogens (tertiary/aromatic N) is 3. The van der Waals surface area contributed by atoms with E-state index in [1.54, 1.807) is 18.5 Å². The molecule has 0 radical (unpaired) electrons. The number of hydrogen-bond acceptors (Lipinski definition) is 4. The van der Waals surface area contributed by atoms with Crippen molar-refractivity contribution in [1.29, 1.82) is 0 Å². The van der Waals surface area contributed by atoms with E-state index in [2.05, 4.69) is 20.6 Å². The lowest BCUT2D eigenvalue weighted by molar-refractivity contribution is -0.116. The highest BCUT2D eigenvalue weighted by atomic mass is 16.2. The summed E-state index contributed by atoms with van der Waals surface area (Å²) in [5, 5.41) is 13.3. The summed E-state index contributed by atoms with van der Waals surface area (Å²) in [7, 11) is 0. The van der Waals surface area contributed by atoms with Crippen molar-refractivity contribution in [3.63, 3.8) is 0 Å². The van der Waals surface area contributed by atoms with Crippen LogP contribution in [0.25, 0.3) is 0 Å². The number of nitrogens with two attached hydrogens (primary N) is 1. The third kappa shape index (κ3) is 2.63. The molecule has 1 amide bonds. The van der Waals surface area contributed by atoms with Crippen molar-refractivity contribution < 1.29 is 4.79 Å². The molecule has 0 saturated carbocycles. The number of aromatic amines is 1. The number of amides is 1. The first kappa shape index (κ1) is 11.2. The van der Waals surface area contributed by atoms with E-state index in [1.165, 1.54) is 4.68 Å². The highest BCUT2D eigenvalue weighted by molar-refractivity contribution is 5.90. The lowest BCUT2D eigenvalue weighted by atomic mass is 10.2. The molecule has 2 aromatic heterocycles. The van der Waals surface area contributed by atoms with E-state index < -0.39 is 0 Å². The number of carbonyl (C=O) groups excluding carboxylic acids is 1. The van der Waals surface area contributed by atoms with E-state index in [4.69, 9.17) is 5.73 Å². The largest absolute Gasteiger partial charge is 0.382 e. The normalized spacial score (nSPS) is 10.4. The Morgan fingerprint density at radius 1 is 1.65 bits per heavy atom. The zero-order chi connectivity index (χ0) is 12.3. The number of nitrogen functional groups attached to an aromatic ring is 1. The maximum absolute atomic E-state index is 11.7. The van der Waals surface area contributed by atoms with Crippen molar-refractivity contribution in [2.45, 2.75) is 19.9 Å². The fraction of sp³-hybridized carbons (Fsp3) is 0.300. The van der Waals surface area contributed by atoms with E-state index in [1.807, 2.05) is 6.92 Å². The van der Waals surface area contributed by atoms with Crippen LogP contribution >= 0.6 is 0 Å². The van der Waals surface area contributed by atoms with E-state index in [0.717, 1.165) is 12.0 Å². The number of aromatic nitrogens is 4. The molecule has 0 aliphatic rings. The number of H-pyrrole nitrogens is 1. The molecule has 7 nitrogen and oxygen atoms in total. The number of anilines is 2. The van der Waals surface area contributed by atoms with Gasteiger partial charge in [0.2, 0.25) is 5.91 Å². The van der Waals surface area contributed by atoms with Gasteiger partial charge in [0.15, 0.2) is 0 Å². The first-order chi connectivity index (χ1) is 8.19. The second kappa shape index (κ2) is 4.69. The standard InChI is InChI=1S/C10H14N6O/c1-2-7-5-12-14-10(7)13-9(17)6-16-4-3-8(11)15-16/h3-5H,2,6H2,1H3,(H2,11,15)(H2,12,13,14,17). The van der Waals surface area contributed by atoms with Gasteiger partial charge in [0.25, 0.3) is 0 Å². The van der Waals surface area contributed by atoms with Crippen LogP contribution in [-0.4, -0.2) is 25.9 Å². The number of rotatable bonds is 4. The van der Waals surface area contributed by atoms with Gasteiger partial charge in [0.1, 0.15) is 18.2 Å². The Morgan fingerprint density at radius 3 is 3.12 bits per heavy atom. The van der Waals surface area contributed by atoms with Crippen LogP contribution in [0.5, 0.6) is 0 Å². The average Bonchev–Trinajstić information content (AvgIpc) is 2.87. The number of aryl methyl sites for hydroxylation is 1. The van der Waals surface area contributed by atoms with Crippen LogP contribution in [0.15, 0.2) is 18.5 Å². The molecule has 0 saturated heterocycles. The van der Waals surface area contributed by atoms with Crippen molar-refractivity contribution in [2.24, 2.45) is 0 Å². The van der Waals surface area contributed by atoms with Gasteiger partial charge < -0.3 is 11.1 Å². The van der Waals surface area contributed by atoms with Crippen molar-refractivity contribution in [2.75, 3.05) is 11.1 Å². The Balaban J connectivity index is 1.98. The molecule has 7 heteroatoms. The maximum Gasteiger partial charge on any atom is 0.247 e. The van der Waals surface area contributed by atoms with Gasteiger partial charge >= 0.3 is 0 Å². The molecule has 0 spiro atoms. The SMILES string of the molecule is CCc1cn[nH]c1NC(=O)Cn1ccc(N)n1. The van der Waals surface area contributed by atoms with Gasteiger partial charge in [-0.15, -0.1) is 0 Å². The summed E-state index contributed by atoms with van der Waals surface area (Å²) in [5.41, 5.74) is 6.43. The monoisotopic (exact) mass is 234 g/mol. The van der Waals surface area contributed by atoms with Gasteiger partial charge in [-0.3, -0.25) is 14.6 Å². The Bertz CT molecular complexity index is 514. The molecule has 0 bridgehead atoms. The molecular weight excluding hydrogens is 220 g/mol. The summed E-state index contributed by atoms with van der Waals surface area (Å²) in [4.78, 5) is 11.7. The van der Waals surface area contributed by atoms with Gasteiger partial charge in [-0.25, -0.2) is 0 Å². The lowest BCUT2D eigenvalue weighted by Gasteiger charge is -2.04. The zero-order valence-corrected chi connectivity index (χ0v) is 9.47. The third-order valence-corrected chi connectivity index (χ3v) is 2.33. The smallest absolute Gasteiger partial charge is 0.247 e. The zero-order valence-electron chi connectivity index (χ0n) is 9.47. The highest BCUT2D eigenvalue weighted by Crippen LogP contribution is 2.11. The van der Waals surface area contributed by atoms with Crippen molar-refractivity contribution >= 4 is 17.5 Å². The molecule has 0 aliphatic carbocycles. The number of nitrogens with one attached hydrogen (secondary N) is 2. The van der Waals surface area contributed by atoms with E-state index >= 15 is 0 Å². The summed E-state index contributed by atoms with van der Waals surface area (Å²) >= 11 is 0. The topological polar surface area (TPSA) is 102 Å². The number of carbonyl (C=O) groups is 1. The fourth-order valence-corrected chi connectivity index (χ4v) is 1.48. The van der Waals surface area contributed by atoms with E-state index in [-0.39, 0.29) is 12.5 Å². The minimum absolute atomic E-state index is 0.124. The molecule has 17 heavy (non-hydrogen) atoms. The van der Waals surface area contributed by atoms with Crippen molar-refractivity contribution in [1.82, 2.24) is 20.0 Å². The molecule has 2 aromatic rings. The van der Waals surface area contributed by atoms with Crippen LogP contribution in [0, 0.1) is 0 Å². The molecule has 4 N–H and O–H groups in total. The summed E-state index contributed by atoms with van der Waals surface area (Å²) in [5.74, 6) is 0.860. The molecule has 0 unspecified atom stereocenters. The highest BCUT2D eigenvalue weighted by Gasteiger charge is 2.08. The van der Waals surface area contributed by atoms with Gasteiger partial charge in [0.05, 0.1) is 6.20 Å². The summed E-state index contributed by atoms with van der Waals surface area (Å²) in [6.45, 7) is 2.12. The van der Waals surface area contributed by atoms with Gasteiger partial charge in [-0.05, 0) is 12.5 Å². The van der Waals surface area contributed by atoms with Crippen molar-refractivity contribution in [3.05, 3.63) is 24.0 Å². The van der Waals surface area contributed by atoms with Gasteiger partial charge in [-0.2, -0.15) is 10.2 Å². The first-order valence-electron chi connectivity index (χ1n) is 5.30. The Hall–Kier alpha value is -2.31. The molecule has 2 rings (SSSR count). The molecule has 0 fully saturated rings. The lowest BCUT2D eigenvalue weighted by Crippen LogP contribution is -2.20. The molecule has 0 aromatic carbocycles. The van der Waals surface area contributed by atoms with Gasteiger partial charge in [0, 0.05) is 11.8 Å². The van der Waals surface area contributed by atoms with E-state index in [0.29, 0.717) is 11.6 Å². The average molecular weight is 234 g/mol. The van der Waals surface area contributed by atoms with E-state index in [9.17, 15) is 4.79 Å². The molecule has 90 valence electrons. The van der Waals surface area contributed by atoms with Crippen LogP contribution < -0.4 is 11.1 Å². The van der Waals surface area contributed by atoms with Crippen LogP contribution in [0.3, 0.4) is 0 Å². The first-order valence-corrected chi connectivity index (χ1v) is 5.30. The molecule has 2 heterocycles. The third-order valence-electron chi connectivity index (χ3n) is 2.33. The minimum Gasteiger partial charge on any atom is -0.382 e. The Labute approximate surface area is 98.0 Å². The Morgan fingerprint density at radius 2 is 2.47 bits per heavy atom. The summed E-state index contributed by atoms with van der Waals surface area (Å²) < 4.78 is 1.48. The fourth-order valence-electron chi connectivity index (χ4n) is 1.48. The summed E-state index contributed by atoms with van der Waals surface area (Å²) in [6, 6.07) is 1.64. The predicted octanol–water partition coefficient (Wildman–Crippen LogP) is 0.389. The molecule has 0 atom stereocenters. The van der Waals surface area contributed by atoms with Crippen LogP contribution in [0.1, 0.15) is 12.5 Å². The minimum atomic E-state index is -0.174. The molecule has 0 aliphatic heterocycles. The van der Waals surface area contributed by atoms with Gasteiger partial charge in [-0.1, -0.05) is 6.92 Å². The second-order valence-electron chi connectivity index (χ2n) is 3.61. The predicted molar refractivity (Wildman–Crippen MR) is 63.2 cm³/mol. The Kier molecular flexibility index (Phi) is 3.08. The van der Waals surface area contributed by atoms with Crippen molar-refractivity contribution in [3.8, 4) is 0 Å². The summed E-state index contributed by atoms with van der Waals surface area (Å²) in [6.07, 6.45) is 4.16. The quantitative estimate of drug-likeness (QED) is 0.712.